The van der Waals surface area contributed by atoms with Crippen LogP contribution in [0, 0.1) is 0 Å². The van der Waals surface area contributed by atoms with E-state index in [1.54, 1.807) is 18.3 Å². The van der Waals surface area contributed by atoms with Gasteiger partial charge in [-0.05, 0) is 41.2 Å². The Hall–Kier alpha value is -3.39. The second-order valence-corrected chi connectivity index (χ2v) is 5.92. The predicted molar refractivity (Wildman–Crippen MR) is 106 cm³/mol. The van der Waals surface area contributed by atoms with Crippen LogP contribution < -0.4 is 15.9 Å². The van der Waals surface area contributed by atoms with Gasteiger partial charge >= 0.3 is 5.97 Å². The molecule has 8 heteroatoms. The highest BCUT2D eigenvalue weighted by atomic mass is 32.1. The molecule has 0 saturated carbocycles. The molecule has 0 bridgehead atoms. The third kappa shape index (κ3) is 4.42. The SMILES string of the molecule is COC(=O)c1ccc(COc2ccc3ccccc3c2C=NNC(N)=S)o1. The van der Waals surface area contributed by atoms with Crippen LogP contribution in [0.25, 0.3) is 10.8 Å². The highest BCUT2D eigenvalue weighted by molar-refractivity contribution is 7.80. The number of ether oxygens (including phenoxy) is 2. The zero-order valence-electron chi connectivity index (χ0n) is 14.5. The van der Waals surface area contributed by atoms with Crippen LogP contribution in [0.1, 0.15) is 21.9 Å². The maximum Gasteiger partial charge on any atom is 0.373 e. The number of carbonyl (C=O) groups is 1. The molecular weight excluding hydrogens is 366 g/mol. The van der Waals surface area contributed by atoms with E-state index in [4.69, 9.17) is 27.1 Å². The molecule has 3 aromatic rings. The lowest BCUT2D eigenvalue weighted by Crippen LogP contribution is -2.24. The molecule has 0 unspecified atom stereocenters. The molecule has 0 radical (unpaired) electrons. The average Bonchev–Trinajstić information content (AvgIpc) is 3.15. The van der Waals surface area contributed by atoms with Crippen molar-refractivity contribution in [2.24, 2.45) is 10.8 Å². The van der Waals surface area contributed by atoms with Crippen LogP contribution in [0.15, 0.2) is 58.0 Å². The van der Waals surface area contributed by atoms with E-state index in [9.17, 15) is 4.79 Å². The van der Waals surface area contributed by atoms with Gasteiger partial charge in [0.2, 0.25) is 5.76 Å². The number of esters is 1. The molecule has 27 heavy (non-hydrogen) atoms. The van der Waals surface area contributed by atoms with Crippen molar-refractivity contribution < 1.29 is 18.7 Å². The third-order valence-electron chi connectivity index (χ3n) is 3.72. The van der Waals surface area contributed by atoms with Gasteiger partial charge in [-0.3, -0.25) is 5.43 Å². The van der Waals surface area contributed by atoms with Crippen molar-refractivity contribution >= 4 is 40.3 Å². The summed E-state index contributed by atoms with van der Waals surface area (Å²) in [6.07, 6.45) is 1.60. The normalized spacial score (nSPS) is 10.9. The van der Waals surface area contributed by atoms with Gasteiger partial charge in [-0.2, -0.15) is 5.10 Å². The van der Waals surface area contributed by atoms with Gasteiger partial charge in [0.15, 0.2) is 5.11 Å². The number of fused-ring (bicyclic) bond motifs is 1. The molecule has 0 aliphatic rings. The van der Waals surface area contributed by atoms with Gasteiger partial charge in [0.25, 0.3) is 0 Å². The van der Waals surface area contributed by atoms with Gasteiger partial charge in [0.1, 0.15) is 18.1 Å². The van der Waals surface area contributed by atoms with E-state index in [0.29, 0.717) is 11.5 Å². The van der Waals surface area contributed by atoms with Crippen LogP contribution >= 0.6 is 12.2 Å². The summed E-state index contributed by atoms with van der Waals surface area (Å²) in [6, 6.07) is 14.8. The Balaban J connectivity index is 1.86. The number of furan rings is 1. The number of hydrogen-bond donors (Lipinski definition) is 2. The molecule has 0 spiro atoms. The summed E-state index contributed by atoms with van der Waals surface area (Å²) in [7, 11) is 1.29. The highest BCUT2D eigenvalue weighted by Gasteiger charge is 2.13. The van der Waals surface area contributed by atoms with Crippen molar-refractivity contribution in [1.29, 1.82) is 0 Å². The Morgan fingerprint density at radius 2 is 2.07 bits per heavy atom. The van der Waals surface area contributed by atoms with Gasteiger partial charge in [0, 0.05) is 5.56 Å². The van der Waals surface area contributed by atoms with E-state index in [-0.39, 0.29) is 17.5 Å². The smallest absolute Gasteiger partial charge is 0.373 e. The molecule has 138 valence electrons. The average molecular weight is 383 g/mol. The van der Waals surface area contributed by atoms with Gasteiger partial charge in [-0.25, -0.2) is 4.79 Å². The Kier molecular flexibility index (Phi) is 5.68. The van der Waals surface area contributed by atoms with Crippen LogP contribution in [0.4, 0.5) is 0 Å². The molecule has 2 aromatic carbocycles. The fourth-order valence-corrected chi connectivity index (χ4v) is 2.56. The first-order valence-corrected chi connectivity index (χ1v) is 8.39. The van der Waals surface area contributed by atoms with Crippen molar-refractivity contribution in [3.63, 3.8) is 0 Å². The molecule has 0 fully saturated rings. The maximum absolute atomic E-state index is 11.5. The molecular formula is C19H17N3O4S. The number of carbonyl (C=O) groups excluding carboxylic acids is 1. The number of nitrogens with one attached hydrogen (secondary N) is 1. The lowest BCUT2D eigenvalue weighted by atomic mass is 10.0. The first kappa shape index (κ1) is 18.4. The largest absolute Gasteiger partial charge is 0.485 e. The highest BCUT2D eigenvalue weighted by Crippen LogP contribution is 2.27. The molecule has 0 atom stereocenters. The second-order valence-electron chi connectivity index (χ2n) is 5.48. The minimum atomic E-state index is -0.538. The number of nitrogens with zero attached hydrogens (tertiary/aromatic N) is 1. The molecule has 1 aromatic heterocycles. The molecule has 0 saturated heterocycles. The van der Waals surface area contributed by atoms with Gasteiger partial charge < -0.3 is 19.6 Å². The molecule has 0 aliphatic heterocycles. The third-order valence-corrected chi connectivity index (χ3v) is 3.81. The standard InChI is InChI=1S/C19H17N3O4S/c1-24-18(23)17-9-7-13(26-17)11-25-16-8-6-12-4-2-3-5-14(12)15(16)10-21-22-19(20)27/h2-10H,11H2,1H3,(H3,20,22,27). The lowest BCUT2D eigenvalue weighted by molar-refractivity contribution is 0.0561. The number of benzene rings is 2. The Bertz CT molecular complexity index is 1010. The van der Waals surface area contributed by atoms with Crippen molar-refractivity contribution in [2.45, 2.75) is 6.61 Å². The summed E-state index contributed by atoms with van der Waals surface area (Å²) in [4.78, 5) is 11.5. The van der Waals surface area contributed by atoms with Crippen LogP contribution in [0.2, 0.25) is 0 Å². The number of hydrogen-bond acceptors (Lipinski definition) is 6. The topological polar surface area (TPSA) is 99.1 Å². The van der Waals surface area contributed by atoms with Crippen LogP contribution in [0.5, 0.6) is 5.75 Å². The van der Waals surface area contributed by atoms with Crippen molar-refractivity contribution in [3.05, 3.63) is 65.6 Å². The molecule has 0 aliphatic carbocycles. The van der Waals surface area contributed by atoms with E-state index in [1.165, 1.54) is 7.11 Å². The zero-order valence-corrected chi connectivity index (χ0v) is 15.3. The Morgan fingerprint density at radius 3 is 2.85 bits per heavy atom. The zero-order chi connectivity index (χ0) is 19.2. The predicted octanol–water partition coefficient (Wildman–Crippen LogP) is 2.97. The van der Waals surface area contributed by atoms with E-state index in [0.717, 1.165) is 16.3 Å². The van der Waals surface area contributed by atoms with Crippen LogP contribution in [0.3, 0.4) is 0 Å². The quantitative estimate of drug-likeness (QED) is 0.292. The van der Waals surface area contributed by atoms with Crippen molar-refractivity contribution in [1.82, 2.24) is 5.43 Å². The van der Waals surface area contributed by atoms with E-state index in [2.05, 4.69) is 15.3 Å². The molecule has 3 rings (SSSR count). The second kappa shape index (κ2) is 8.33. The summed E-state index contributed by atoms with van der Waals surface area (Å²) < 4.78 is 15.9. The first-order valence-electron chi connectivity index (χ1n) is 7.98. The Morgan fingerprint density at radius 1 is 1.26 bits per heavy atom. The number of methoxy groups -OCH3 is 1. The fourth-order valence-electron chi connectivity index (χ4n) is 2.51. The summed E-state index contributed by atoms with van der Waals surface area (Å²) in [5, 5.41) is 6.10. The minimum Gasteiger partial charge on any atom is -0.485 e. The first-order chi connectivity index (χ1) is 13.1. The van der Waals surface area contributed by atoms with Gasteiger partial charge in [0.05, 0.1) is 13.3 Å². The number of thiocarbonyl (C=S) groups is 1. The summed E-state index contributed by atoms with van der Waals surface area (Å²) in [5.41, 5.74) is 8.70. The Labute approximate surface area is 160 Å². The van der Waals surface area contributed by atoms with Gasteiger partial charge in [-0.15, -0.1) is 0 Å². The summed E-state index contributed by atoms with van der Waals surface area (Å²) in [5.74, 6) is 0.673. The molecule has 3 N–H and O–H groups in total. The van der Waals surface area contributed by atoms with E-state index in [1.807, 2.05) is 36.4 Å². The van der Waals surface area contributed by atoms with E-state index >= 15 is 0 Å². The van der Waals surface area contributed by atoms with Crippen LogP contribution in [-0.2, 0) is 11.3 Å². The summed E-state index contributed by atoms with van der Waals surface area (Å²) in [6.45, 7) is 0.138. The molecule has 7 nitrogen and oxygen atoms in total. The van der Waals surface area contributed by atoms with Crippen LogP contribution in [-0.4, -0.2) is 24.4 Å². The summed E-state index contributed by atoms with van der Waals surface area (Å²) >= 11 is 4.76. The molecule has 0 amide bonds. The minimum absolute atomic E-state index is 0.0693. The number of hydrazone groups is 1. The molecule has 1 heterocycles. The van der Waals surface area contributed by atoms with E-state index < -0.39 is 5.97 Å². The lowest BCUT2D eigenvalue weighted by Gasteiger charge is -2.11. The number of nitrogens with two attached hydrogens (primary N) is 1. The van der Waals surface area contributed by atoms with Gasteiger partial charge in [-0.1, -0.05) is 30.3 Å². The number of rotatable bonds is 6. The van der Waals surface area contributed by atoms with Crippen molar-refractivity contribution in [2.75, 3.05) is 7.11 Å². The monoisotopic (exact) mass is 383 g/mol. The van der Waals surface area contributed by atoms with Crippen molar-refractivity contribution in [3.8, 4) is 5.75 Å². The fraction of sp³-hybridized carbons (Fsp3) is 0.105. The maximum atomic E-state index is 11.5.